The molecule has 0 aromatic carbocycles. The van der Waals surface area contributed by atoms with Crippen LogP contribution in [0.4, 0.5) is 0 Å². The molecule has 0 bridgehead atoms. The molecule has 0 unspecified atom stereocenters. The average Bonchev–Trinajstić information content (AvgIpc) is 2.12. The van der Waals surface area contributed by atoms with Gasteiger partial charge in [-0.1, -0.05) is 6.58 Å². The molecule has 1 amide bonds. The highest BCUT2D eigenvalue weighted by Crippen LogP contribution is 2.35. The fourth-order valence-corrected chi connectivity index (χ4v) is 2.79. The lowest BCUT2D eigenvalue weighted by Gasteiger charge is -2.43. The number of halogens is 1. The third kappa shape index (κ3) is 1.35. The van der Waals surface area contributed by atoms with E-state index in [1.807, 2.05) is 0 Å². The fraction of sp³-hybridized carbons (Fsp3) is 0.625. The molecule has 1 aliphatic rings. The van der Waals surface area contributed by atoms with Crippen LogP contribution in [0.5, 0.6) is 0 Å². The molecule has 0 atom stereocenters. The Kier molecular flexibility index (Phi) is 2.67. The SMILES string of the molecule is C=C(CCl)CN1C(=O)C(C)(C)S1(=O)=O. The van der Waals surface area contributed by atoms with Crippen molar-refractivity contribution in [2.75, 3.05) is 12.4 Å². The van der Waals surface area contributed by atoms with E-state index in [0.717, 1.165) is 4.31 Å². The highest BCUT2D eigenvalue weighted by Gasteiger charge is 2.59. The number of nitrogens with zero attached hydrogens (tertiary/aromatic N) is 1. The van der Waals surface area contributed by atoms with Crippen LogP contribution in [0.2, 0.25) is 0 Å². The molecule has 6 heteroatoms. The van der Waals surface area contributed by atoms with Crippen LogP contribution in [-0.4, -0.2) is 35.8 Å². The van der Waals surface area contributed by atoms with E-state index in [4.69, 9.17) is 11.6 Å². The van der Waals surface area contributed by atoms with Crippen molar-refractivity contribution in [2.45, 2.75) is 18.6 Å². The first kappa shape index (κ1) is 11.5. The minimum absolute atomic E-state index is 0.00586. The number of alkyl halides is 1. The molecule has 0 radical (unpaired) electrons. The lowest BCUT2D eigenvalue weighted by atomic mass is 10.2. The molecule has 14 heavy (non-hydrogen) atoms. The van der Waals surface area contributed by atoms with Gasteiger partial charge in [-0.25, -0.2) is 12.7 Å². The molecular weight excluding hydrogens is 226 g/mol. The second-order valence-corrected chi connectivity index (χ2v) is 6.39. The molecule has 1 fully saturated rings. The minimum Gasteiger partial charge on any atom is -0.272 e. The van der Waals surface area contributed by atoms with Crippen molar-refractivity contribution in [3.63, 3.8) is 0 Å². The van der Waals surface area contributed by atoms with Crippen LogP contribution in [-0.2, 0) is 14.8 Å². The Morgan fingerprint density at radius 3 is 2.43 bits per heavy atom. The van der Waals surface area contributed by atoms with Crippen molar-refractivity contribution < 1.29 is 13.2 Å². The van der Waals surface area contributed by atoms with Crippen LogP contribution >= 0.6 is 11.6 Å². The molecule has 0 aliphatic carbocycles. The van der Waals surface area contributed by atoms with E-state index in [2.05, 4.69) is 6.58 Å². The number of hydrogen-bond acceptors (Lipinski definition) is 3. The highest BCUT2D eigenvalue weighted by molar-refractivity contribution is 7.94. The van der Waals surface area contributed by atoms with Gasteiger partial charge in [0.05, 0.1) is 6.54 Å². The normalized spacial score (nSPS) is 23.1. The smallest absolute Gasteiger partial charge is 0.259 e. The first-order valence-electron chi connectivity index (χ1n) is 4.04. The van der Waals surface area contributed by atoms with Crippen molar-refractivity contribution in [2.24, 2.45) is 0 Å². The molecule has 0 N–H and O–H groups in total. The van der Waals surface area contributed by atoms with Crippen LogP contribution in [0.15, 0.2) is 12.2 Å². The topological polar surface area (TPSA) is 54.5 Å². The summed E-state index contributed by atoms with van der Waals surface area (Å²) in [6.45, 7) is 6.33. The van der Waals surface area contributed by atoms with E-state index < -0.39 is 20.7 Å². The Labute approximate surface area is 88.6 Å². The zero-order valence-corrected chi connectivity index (χ0v) is 9.65. The van der Waals surface area contributed by atoms with Crippen molar-refractivity contribution >= 4 is 27.5 Å². The van der Waals surface area contributed by atoms with Gasteiger partial charge in [0, 0.05) is 5.88 Å². The van der Waals surface area contributed by atoms with Crippen LogP contribution in [0.25, 0.3) is 0 Å². The number of carbonyl (C=O) groups excluding carboxylic acids is 1. The number of carbonyl (C=O) groups is 1. The lowest BCUT2D eigenvalue weighted by molar-refractivity contribution is -0.131. The monoisotopic (exact) mass is 237 g/mol. The molecule has 0 aromatic heterocycles. The minimum atomic E-state index is -3.49. The molecule has 1 aliphatic heterocycles. The molecule has 1 heterocycles. The molecule has 1 saturated heterocycles. The maximum atomic E-state index is 11.6. The second-order valence-electron chi connectivity index (χ2n) is 3.71. The molecule has 0 aromatic rings. The van der Waals surface area contributed by atoms with Gasteiger partial charge in [0.25, 0.3) is 15.9 Å². The van der Waals surface area contributed by atoms with E-state index in [9.17, 15) is 13.2 Å². The van der Waals surface area contributed by atoms with Crippen molar-refractivity contribution in [1.82, 2.24) is 4.31 Å². The van der Waals surface area contributed by atoms with Gasteiger partial charge in [-0.15, -0.1) is 11.6 Å². The van der Waals surface area contributed by atoms with Gasteiger partial charge in [0.2, 0.25) is 0 Å². The Morgan fingerprint density at radius 1 is 1.57 bits per heavy atom. The van der Waals surface area contributed by atoms with E-state index >= 15 is 0 Å². The third-order valence-corrected chi connectivity index (χ3v) is 4.95. The van der Waals surface area contributed by atoms with Gasteiger partial charge in [-0.05, 0) is 19.4 Å². The molecule has 0 saturated carbocycles. The Balaban J connectivity index is 2.87. The first-order chi connectivity index (χ1) is 6.25. The predicted octanol–water partition coefficient (Wildman–Crippen LogP) is 0.732. The summed E-state index contributed by atoms with van der Waals surface area (Å²) >= 11 is 5.46. The predicted molar refractivity (Wildman–Crippen MR) is 54.6 cm³/mol. The average molecular weight is 238 g/mol. The van der Waals surface area contributed by atoms with Crippen molar-refractivity contribution in [1.29, 1.82) is 0 Å². The van der Waals surface area contributed by atoms with E-state index in [1.165, 1.54) is 13.8 Å². The number of rotatable bonds is 3. The zero-order chi connectivity index (χ0) is 11.1. The number of sulfonamides is 1. The molecule has 1 rings (SSSR count). The van der Waals surface area contributed by atoms with Gasteiger partial charge in [0.15, 0.2) is 4.75 Å². The van der Waals surface area contributed by atoms with Crippen molar-refractivity contribution in [3.8, 4) is 0 Å². The van der Waals surface area contributed by atoms with Crippen molar-refractivity contribution in [3.05, 3.63) is 12.2 Å². The summed E-state index contributed by atoms with van der Waals surface area (Å²) in [6.07, 6.45) is 0. The van der Waals surface area contributed by atoms with Crippen LogP contribution in [0.1, 0.15) is 13.8 Å². The van der Waals surface area contributed by atoms with Gasteiger partial charge in [-0.3, -0.25) is 4.79 Å². The highest BCUT2D eigenvalue weighted by atomic mass is 35.5. The largest absolute Gasteiger partial charge is 0.272 e. The Hall–Kier alpha value is -0.550. The number of hydrogen-bond donors (Lipinski definition) is 0. The lowest BCUT2D eigenvalue weighted by Crippen LogP contribution is -2.67. The molecular formula is C8H12ClNO3S. The summed E-state index contributed by atoms with van der Waals surface area (Å²) in [4.78, 5) is 11.4. The summed E-state index contributed by atoms with van der Waals surface area (Å²) in [6, 6.07) is 0. The molecule has 4 nitrogen and oxygen atoms in total. The van der Waals surface area contributed by atoms with Gasteiger partial charge >= 0.3 is 0 Å². The Bertz CT molecular complexity index is 385. The molecule has 80 valence electrons. The van der Waals surface area contributed by atoms with E-state index in [1.54, 1.807) is 0 Å². The summed E-state index contributed by atoms with van der Waals surface area (Å²) in [7, 11) is -3.49. The first-order valence-corrected chi connectivity index (χ1v) is 6.02. The van der Waals surface area contributed by atoms with E-state index in [0.29, 0.717) is 5.57 Å². The summed E-state index contributed by atoms with van der Waals surface area (Å²) in [5, 5.41) is 0. The van der Waals surface area contributed by atoms with Crippen LogP contribution < -0.4 is 0 Å². The zero-order valence-electron chi connectivity index (χ0n) is 8.08. The maximum Gasteiger partial charge on any atom is 0.259 e. The third-order valence-electron chi connectivity index (χ3n) is 2.23. The van der Waals surface area contributed by atoms with E-state index in [-0.39, 0.29) is 12.4 Å². The second kappa shape index (κ2) is 3.24. The van der Waals surface area contributed by atoms with Gasteiger partial charge in [0.1, 0.15) is 0 Å². The summed E-state index contributed by atoms with van der Waals surface area (Å²) < 4.78 is 22.6. The van der Waals surface area contributed by atoms with Crippen LogP contribution in [0.3, 0.4) is 0 Å². The quantitative estimate of drug-likeness (QED) is 0.537. The molecule has 0 spiro atoms. The Morgan fingerprint density at radius 2 is 2.07 bits per heavy atom. The fourth-order valence-electron chi connectivity index (χ4n) is 1.16. The van der Waals surface area contributed by atoms with Crippen LogP contribution in [0, 0.1) is 0 Å². The maximum absolute atomic E-state index is 11.6. The summed E-state index contributed by atoms with van der Waals surface area (Å²) in [5.41, 5.74) is 0.513. The van der Waals surface area contributed by atoms with Gasteiger partial charge < -0.3 is 0 Å². The summed E-state index contributed by atoms with van der Waals surface area (Å²) in [5.74, 6) is -0.247. The van der Waals surface area contributed by atoms with Gasteiger partial charge in [-0.2, -0.15) is 0 Å². The standard InChI is InChI=1S/C8H12ClNO3S/c1-6(4-9)5-10-7(11)8(2,3)14(10,12)13/h1,4-5H2,2-3H3. The number of amides is 1.